The van der Waals surface area contributed by atoms with Crippen molar-refractivity contribution in [1.82, 2.24) is 4.31 Å². The summed E-state index contributed by atoms with van der Waals surface area (Å²) in [7, 11) is -3.83. The number of hydrogen-bond acceptors (Lipinski definition) is 5. The number of carbonyl (C=O) groups excluding carboxylic acids is 1. The van der Waals surface area contributed by atoms with Crippen LogP contribution < -0.4 is 14.8 Å². The fourth-order valence-electron chi connectivity index (χ4n) is 3.70. The molecular formula is C21H24N2O5S. The van der Waals surface area contributed by atoms with Crippen LogP contribution in [-0.2, 0) is 21.2 Å². The molecule has 1 saturated heterocycles. The number of benzene rings is 2. The van der Waals surface area contributed by atoms with Crippen molar-refractivity contribution in [3.8, 4) is 11.5 Å². The molecule has 2 aliphatic rings. The molecule has 0 aromatic heterocycles. The Morgan fingerprint density at radius 1 is 1.14 bits per heavy atom. The van der Waals surface area contributed by atoms with E-state index in [1.54, 1.807) is 6.07 Å². The third-order valence-corrected chi connectivity index (χ3v) is 7.13. The number of rotatable bonds is 5. The molecule has 1 fully saturated rings. The molecule has 1 N–H and O–H groups in total. The van der Waals surface area contributed by atoms with E-state index in [2.05, 4.69) is 5.32 Å². The van der Waals surface area contributed by atoms with Crippen molar-refractivity contribution < 1.29 is 22.7 Å². The second kappa shape index (κ2) is 8.04. The van der Waals surface area contributed by atoms with Gasteiger partial charge in [-0.25, -0.2) is 8.42 Å². The van der Waals surface area contributed by atoms with Gasteiger partial charge in [0.05, 0.1) is 4.90 Å². The van der Waals surface area contributed by atoms with Gasteiger partial charge in [0.2, 0.25) is 15.9 Å². The van der Waals surface area contributed by atoms with Crippen molar-refractivity contribution in [2.45, 2.75) is 37.1 Å². The molecule has 1 unspecified atom stereocenters. The summed E-state index contributed by atoms with van der Waals surface area (Å²) in [5, 5.41) is 2.87. The Bertz CT molecular complexity index is 1020. The Morgan fingerprint density at radius 2 is 1.93 bits per heavy atom. The van der Waals surface area contributed by atoms with E-state index in [1.165, 1.54) is 16.4 Å². The lowest BCUT2D eigenvalue weighted by Crippen LogP contribution is -2.43. The quantitative estimate of drug-likeness (QED) is 0.810. The van der Waals surface area contributed by atoms with Gasteiger partial charge in [-0.3, -0.25) is 4.79 Å². The summed E-state index contributed by atoms with van der Waals surface area (Å²) in [6.45, 7) is 3.16. The molecule has 154 valence electrons. The summed E-state index contributed by atoms with van der Waals surface area (Å²) in [5.74, 6) is 0.632. The molecule has 7 nitrogen and oxygen atoms in total. The second-order valence-electron chi connectivity index (χ2n) is 7.12. The first-order valence-electron chi connectivity index (χ1n) is 9.80. The molecule has 29 heavy (non-hydrogen) atoms. The highest BCUT2D eigenvalue weighted by Crippen LogP contribution is 2.35. The van der Waals surface area contributed by atoms with Crippen LogP contribution >= 0.6 is 0 Å². The average molecular weight is 416 g/mol. The fraction of sp³-hybridized carbons (Fsp3) is 0.381. The van der Waals surface area contributed by atoms with Gasteiger partial charge in [-0.1, -0.05) is 19.1 Å². The van der Waals surface area contributed by atoms with Crippen LogP contribution in [0.2, 0.25) is 0 Å². The molecule has 2 heterocycles. The maximum atomic E-state index is 13.2. The Balaban J connectivity index is 1.56. The normalized spacial score (nSPS) is 19.1. The molecule has 1 atom stereocenters. The predicted molar refractivity (Wildman–Crippen MR) is 109 cm³/mol. The SMILES string of the molecule is CCc1cccc(NC(=O)C2CCCN2S(=O)(=O)c2ccc3c(c2)OCCO3)c1. The first kappa shape index (κ1) is 19.7. The first-order valence-corrected chi connectivity index (χ1v) is 11.2. The lowest BCUT2D eigenvalue weighted by Gasteiger charge is -2.24. The summed E-state index contributed by atoms with van der Waals surface area (Å²) >= 11 is 0. The summed E-state index contributed by atoms with van der Waals surface area (Å²) in [4.78, 5) is 13.0. The zero-order valence-electron chi connectivity index (χ0n) is 16.3. The van der Waals surface area contributed by atoms with Crippen molar-refractivity contribution in [3.05, 3.63) is 48.0 Å². The number of nitrogens with zero attached hydrogens (tertiary/aromatic N) is 1. The van der Waals surface area contributed by atoms with Gasteiger partial charge in [0.25, 0.3) is 0 Å². The second-order valence-corrected chi connectivity index (χ2v) is 9.01. The van der Waals surface area contributed by atoms with Gasteiger partial charge in [0.1, 0.15) is 19.3 Å². The van der Waals surface area contributed by atoms with Crippen LogP contribution in [0.1, 0.15) is 25.3 Å². The lowest BCUT2D eigenvalue weighted by atomic mass is 10.1. The van der Waals surface area contributed by atoms with Gasteiger partial charge >= 0.3 is 0 Å². The number of anilines is 1. The number of carbonyl (C=O) groups is 1. The zero-order valence-corrected chi connectivity index (χ0v) is 17.1. The minimum Gasteiger partial charge on any atom is -0.486 e. The number of hydrogen-bond donors (Lipinski definition) is 1. The molecule has 0 aliphatic carbocycles. The molecule has 1 amide bonds. The minimum atomic E-state index is -3.83. The maximum absolute atomic E-state index is 13.2. The predicted octanol–water partition coefficient (Wildman–Crippen LogP) is 2.81. The van der Waals surface area contributed by atoms with Crippen LogP contribution in [0.15, 0.2) is 47.4 Å². The zero-order chi connectivity index (χ0) is 20.4. The number of sulfonamides is 1. The van der Waals surface area contributed by atoms with E-state index < -0.39 is 16.1 Å². The standard InChI is InChI=1S/C21H24N2O5S/c1-2-15-5-3-6-16(13-15)22-21(24)18-7-4-10-23(18)29(25,26)17-8-9-19-20(14-17)28-12-11-27-19/h3,5-6,8-9,13-14,18H,2,4,7,10-12H2,1H3,(H,22,24). The molecule has 0 spiro atoms. The van der Waals surface area contributed by atoms with Crippen LogP contribution in [0, 0.1) is 0 Å². The van der Waals surface area contributed by atoms with Crippen molar-refractivity contribution in [2.75, 3.05) is 25.1 Å². The van der Waals surface area contributed by atoms with Crippen molar-refractivity contribution >= 4 is 21.6 Å². The van der Waals surface area contributed by atoms with Crippen LogP contribution in [-0.4, -0.2) is 44.4 Å². The van der Waals surface area contributed by atoms with Gasteiger partial charge in [0.15, 0.2) is 11.5 Å². The van der Waals surface area contributed by atoms with E-state index >= 15 is 0 Å². The highest BCUT2D eigenvalue weighted by Gasteiger charge is 2.39. The minimum absolute atomic E-state index is 0.106. The molecular weight excluding hydrogens is 392 g/mol. The van der Waals surface area contributed by atoms with E-state index in [0.29, 0.717) is 49.8 Å². The molecule has 4 rings (SSSR count). The number of nitrogens with one attached hydrogen (secondary N) is 1. The molecule has 2 aromatic rings. The van der Waals surface area contributed by atoms with Crippen molar-refractivity contribution in [3.63, 3.8) is 0 Å². The molecule has 2 aliphatic heterocycles. The van der Waals surface area contributed by atoms with E-state index in [1.807, 2.05) is 31.2 Å². The summed E-state index contributed by atoms with van der Waals surface area (Å²) < 4.78 is 38.7. The largest absolute Gasteiger partial charge is 0.486 e. The van der Waals surface area contributed by atoms with Gasteiger partial charge in [-0.05, 0) is 49.1 Å². The van der Waals surface area contributed by atoms with Crippen LogP contribution in [0.25, 0.3) is 0 Å². The van der Waals surface area contributed by atoms with Crippen LogP contribution in [0.3, 0.4) is 0 Å². The third-order valence-electron chi connectivity index (χ3n) is 5.23. The van der Waals surface area contributed by atoms with E-state index in [0.717, 1.165) is 12.0 Å². The Morgan fingerprint density at radius 3 is 2.72 bits per heavy atom. The maximum Gasteiger partial charge on any atom is 0.243 e. The van der Waals surface area contributed by atoms with Crippen molar-refractivity contribution in [2.24, 2.45) is 0 Å². The van der Waals surface area contributed by atoms with Gasteiger partial charge < -0.3 is 14.8 Å². The van der Waals surface area contributed by atoms with E-state index in [4.69, 9.17) is 9.47 Å². The first-order chi connectivity index (χ1) is 14.0. The average Bonchev–Trinajstić information content (AvgIpc) is 3.24. The summed E-state index contributed by atoms with van der Waals surface area (Å²) in [6, 6.07) is 11.4. The third kappa shape index (κ3) is 3.95. The summed E-state index contributed by atoms with van der Waals surface area (Å²) in [6.07, 6.45) is 1.98. The molecule has 0 radical (unpaired) electrons. The van der Waals surface area contributed by atoms with E-state index in [-0.39, 0.29) is 10.8 Å². The summed E-state index contributed by atoms with van der Waals surface area (Å²) in [5.41, 5.74) is 1.79. The van der Waals surface area contributed by atoms with Gasteiger partial charge in [-0.15, -0.1) is 0 Å². The molecule has 0 saturated carbocycles. The van der Waals surface area contributed by atoms with Crippen LogP contribution in [0.4, 0.5) is 5.69 Å². The monoisotopic (exact) mass is 416 g/mol. The Hall–Kier alpha value is -2.58. The molecule has 2 aromatic carbocycles. The van der Waals surface area contributed by atoms with Crippen molar-refractivity contribution in [1.29, 1.82) is 0 Å². The number of amides is 1. The number of aryl methyl sites for hydroxylation is 1. The number of fused-ring (bicyclic) bond motifs is 1. The van der Waals surface area contributed by atoms with Crippen LogP contribution in [0.5, 0.6) is 11.5 Å². The molecule has 8 heteroatoms. The van der Waals surface area contributed by atoms with E-state index in [9.17, 15) is 13.2 Å². The fourth-order valence-corrected chi connectivity index (χ4v) is 5.38. The van der Waals surface area contributed by atoms with Gasteiger partial charge in [-0.2, -0.15) is 4.31 Å². The lowest BCUT2D eigenvalue weighted by molar-refractivity contribution is -0.119. The Kier molecular flexibility index (Phi) is 5.47. The highest BCUT2D eigenvalue weighted by molar-refractivity contribution is 7.89. The Labute approximate surface area is 170 Å². The smallest absolute Gasteiger partial charge is 0.243 e. The highest BCUT2D eigenvalue weighted by atomic mass is 32.2. The number of ether oxygens (including phenoxy) is 2. The molecule has 0 bridgehead atoms. The topological polar surface area (TPSA) is 84.9 Å². The van der Waals surface area contributed by atoms with Gasteiger partial charge in [0, 0.05) is 18.3 Å².